The molecule has 0 bridgehead atoms. The molecule has 6 N–H and O–H groups in total. The first-order chi connectivity index (χ1) is 15.3. The summed E-state index contributed by atoms with van der Waals surface area (Å²) in [7, 11) is 1.29. The van der Waals surface area contributed by atoms with Crippen LogP contribution in [0.1, 0.15) is 11.7 Å². The van der Waals surface area contributed by atoms with Gasteiger partial charge in [0.1, 0.15) is 59.4 Å². The van der Waals surface area contributed by atoms with Gasteiger partial charge in [0, 0.05) is 6.07 Å². The number of aliphatic hydroxyl groups is 4. The fraction of sp³-hybridized carbons (Fsp3) is 0.318. The van der Waals surface area contributed by atoms with Crippen LogP contribution in [0.15, 0.2) is 45.8 Å². The molecule has 0 amide bonds. The Bertz CT molecular complexity index is 1180. The first kappa shape index (κ1) is 22.1. The number of phenols is 2. The number of hydrogen-bond donors (Lipinski definition) is 6. The SMILES string of the molecule is COc1cc(O)c2c(=O)c(-c3ccc(O)cc3)coc2c1[C@@H]1O[C@H](CO)[C@@H](O)[C@H](O)[C@H]1O. The van der Waals surface area contributed by atoms with Gasteiger partial charge in [-0.2, -0.15) is 0 Å². The van der Waals surface area contributed by atoms with Crippen LogP contribution in [0.5, 0.6) is 17.2 Å². The zero-order chi connectivity index (χ0) is 23.2. The molecule has 1 saturated heterocycles. The Morgan fingerprint density at radius 1 is 1.03 bits per heavy atom. The van der Waals surface area contributed by atoms with Crippen LogP contribution in [0.4, 0.5) is 0 Å². The third-order valence-electron chi connectivity index (χ3n) is 5.60. The molecule has 2 heterocycles. The molecule has 1 aliphatic heterocycles. The van der Waals surface area contributed by atoms with Crippen molar-refractivity contribution in [1.82, 2.24) is 0 Å². The topological polar surface area (TPSA) is 170 Å². The van der Waals surface area contributed by atoms with Crippen molar-refractivity contribution in [3.05, 3.63) is 52.4 Å². The van der Waals surface area contributed by atoms with Crippen molar-refractivity contribution in [2.45, 2.75) is 30.5 Å². The molecule has 2 aromatic carbocycles. The summed E-state index contributed by atoms with van der Waals surface area (Å²) < 4.78 is 16.6. The maximum Gasteiger partial charge on any atom is 0.204 e. The lowest BCUT2D eigenvalue weighted by atomic mass is 9.89. The smallest absolute Gasteiger partial charge is 0.204 e. The summed E-state index contributed by atoms with van der Waals surface area (Å²) in [5.74, 6) is -0.434. The van der Waals surface area contributed by atoms with Crippen molar-refractivity contribution >= 4 is 11.0 Å². The molecule has 0 radical (unpaired) electrons. The number of hydrogen-bond acceptors (Lipinski definition) is 10. The number of benzene rings is 2. The lowest BCUT2D eigenvalue weighted by molar-refractivity contribution is -0.231. The second-order valence-corrected chi connectivity index (χ2v) is 7.49. The average molecular weight is 446 g/mol. The van der Waals surface area contributed by atoms with Gasteiger partial charge >= 0.3 is 0 Å². The molecule has 1 aliphatic rings. The quantitative estimate of drug-likeness (QED) is 0.330. The van der Waals surface area contributed by atoms with E-state index in [-0.39, 0.29) is 33.6 Å². The summed E-state index contributed by atoms with van der Waals surface area (Å²) in [6, 6.07) is 6.95. The van der Waals surface area contributed by atoms with Crippen LogP contribution in [0, 0.1) is 0 Å². The normalized spacial score (nSPS) is 25.7. The first-order valence-electron chi connectivity index (χ1n) is 9.73. The van der Waals surface area contributed by atoms with E-state index in [1.54, 1.807) is 0 Å². The molecule has 1 fully saturated rings. The van der Waals surface area contributed by atoms with E-state index in [4.69, 9.17) is 13.9 Å². The van der Waals surface area contributed by atoms with E-state index >= 15 is 0 Å². The largest absolute Gasteiger partial charge is 0.508 e. The lowest BCUT2D eigenvalue weighted by Crippen LogP contribution is -2.55. The van der Waals surface area contributed by atoms with E-state index in [0.717, 1.165) is 12.3 Å². The second-order valence-electron chi connectivity index (χ2n) is 7.49. The number of aliphatic hydroxyl groups excluding tert-OH is 4. The van der Waals surface area contributed by atoms with Crippen LogP contribution in [0.3, 0.4) is 0 Å². The van der Waals surface area contributed by atoms with Crippen molar-refractivity contribution in [2.24, 2.45) is 0 Å². The van der Waals surface area contributed by atoms with Gasteiger partial charge in [-0.25, -0.2) is 0 Å². The minimum Gasteiger partial charge on any atom is -0.508 e. The number of fused-ring (bicyclic) bond motifs is 1. The summed E-state index contributed by atoms with van der Waals surface area (Å²) in [4.78, 5) is 13.2. The van der Waals surface area contributed by atoms with E-state index in [1.807, 2.05) is 0 Å². The van der Waals surface area contributed by atoms with Gasteiger partial charge in [0.2, 0.25) is 5.43 Å². The van der Waals surface area contributed by atoms with Crippen LogP contribution in [0.25, 0.3) is 22.1 Å². The molecular weight excluding hydrogens is 424 g/mol. The maximum absolute atomic E-state index is 13.2. The van der Waals surface area contributed by atoms with Crippen LogP contribution in [0.2, 0.25) is 0 Å². The molecule has 10 heteroatoms. The van der Waals surface area contributed by atoms with Crippen LogP contribution < -0.4 is 10.2 Å². The summed E-state index contributed by atoms with van der Waals surface area (Å²) in [6.07, 6.45) is -6.29. The minimum atomic E-state index is -1.66. The Balaban J connectivity index is 1.95. The molecule has 4 rings (SSSR count). The van der Waals surface area contributed by atoms with E-state index in [1.165, 1.54) is 31.4 Å². The monoisotopic (exact) mass is 446 g/mol. The first-order valence-corrected chi connectivity index (χ1v) is 9.73. The predicted octanol–water partition coefficient (Wildman–Crippen LogP) is 0.395. The van der Waals surface area contributed by atoms with Crippen molar-refractivity contribution in [1.29, 1.82) is 0 Å². The molecule has 1 aromatic heterocycles. The highest BCUT2D eigenvalue weighted by atomic mass is 16.5. The van der Waals surface area contributed by atoms with Crippen molar-refractivity contribution in [2.75, 3.05) is 13.7 Å². The van der Waals surface area contributed by atoms with Crippen molar-refractivity contribution in [3.63, 3.8) is 0 Å². The van der Waals surface area contributed by atoms with E-state index in [0.29, 0.717) is 5.56 Å². The number of rotatable bonds is 4. The van der Waals surface area contributed by atoms with E-state index in [2.05, 4.69) is 0 Å². The van der Waals surface area contributed by atoms with Gasteiger partial charge in [-0.1, -0.05) is 12.1 Å². The maximum atomic E-state index is 13.2. The van der Waals surface area contributed by atoms with Gasteiger partial charge in [0.25, 0.3) is 0 Å². The third-order valence-corrected chi connectivity index (χ3v) is 5.60. The fourth-order valence-electron chi connectivity index (χ4n) is 3.90. The Labute approximate surface area is 181 Å². The van der Waals surface area contributed by atoms with Crippen molar-refractivity contribution in [3.8, 4) is 28.4 Å². The molecule has 0 saturated carbocycles. The molecule has 3 aromatic rings. The number of ether oxygens (including phenoxy) is 2. The highest BCUT2D eigenvalue weighted by Gasteiger charge is 2.46. The Morgan fingerprint density at radius 2 is 1.72 bits per heavy atom. The fourth-order valence-corrected chi connectivity index (χ4v) is 3.90. The predicted molar refractivity (Wildman–Crippen MR) is 111 cm³/mol. The van der Waals surface area contributed by atoms with Gasteiger partial charge in [0.15, 0.2) is 5.58 Å². The standard InChI is InChI=1S/C22H22O10/c1-30-13-6-12(25)15-17(26)11(9-2-4-10(24)5-3-9)8-31-21(15)16(13)22-20(29)19(28)18(27)14(7-23)32-22/h2-6,8,14,18-20,22-25,27-29H,7H2,1H3/t14-,18-,19+,20-,22+/m1/s1. The molecule has 32 heavy (non-hydrogen) atoms. The van der Waals surface area contributed by atoms with Crippen LogP contribution in [-0.4, -0.2) is 68.8 Å². The summed E-state index contributed by atoms with van der Waals surface area (Å²) >= 11 is 0. The van der Waals surface area contributed by atoms with Gasteiger partial charge < -0.3 is 44.5 Å². The average Bonchev–Trinajstić information content (AvgIpc) is 2.79. The summed E-state index contributed by atoms with van der Waals surface area (Å²) in [5.41, 5.74) is -0.186. The van der Waals surface area contributed by atoms with E-state index in [9.17, 15) is 35.4 Å². The Hall–Kier alpha value is -3.15. The van der Waals surface area contributed by atoms with E-state index < -0.39 is 48.3 Å². The van der Waals surface area contributed by atoms with Gasteiger partial charge in [-0.05, 0) is 17.7 Å². The van der Waals surface area contributed by atoms with Gasteiger partial charge in [-0.15, -0.1) is 0 Å². The Kier molecular flexibility index (Phi) is 5.80. The van der Waals surface area contributed by atoms with Crippen LogP contribution in [-0.2, 0) is 4.74 Å². The second kappa shape index (κ2) is 8.41. The number of aromatic hydroxyl groups is 2. The molecule has 5 atom stereocenters. The van der Waals surface area contributed by atoms with Crippen molar-refractivity contribution < 1.29 is 44.5 Å². The summed E-state index contributed by atoms with van der Waals surface area (Å²) in [5, 5.41) is 60.2. The molecule has 10 nitrogen and oxygen atoms in total. The van der Waals surface area contributed by atoms with Crippen LogP contribution >= 0.6 is 0 Å². The van der Waals surface area contributed by atoms with Gasteiger partial charge in [-0.3, -0.25) is 4.79 Å². The lowest BCUT2D eigenvalue weighted by Gasteiger charge is -2.40. The minimum absolute atomic E-state index is 0.000127. The molecule has 170 valence electrons. The number of methoxy groups -OCH3 is 1. The zero-order valence-corrected chi connectivity index (χ0v) is 16.9. The third kappa shape index (κ3) is 3.48. The highest BCUT2D eigenvalue weighted by Crippen LogP contribution is 2.43. The Morgan fingerprint density at radius 3 is 2.34 bits per heavy atom. The highest BCUT2D eigenvalue weighted by molar-refractivity contribution is 5.91. The zero-order valence-electron chi connectivity index (χ0n) is 16.9. The number of phenolic OH excluding ortho intramolecular Hbond substituents is 2. The summed E-state index contributed by atoms with van der Waals surface area (Å²) in [6.45, 7) is -0.644. The van der Waals surface area contributed by atoms with Gasteiger partial charge in [0.05, 0.1) is 24.8 Å². The molecule has 0 unspecified atom stereocenters. The molecular formula is C22H22O10. The molecule has 0 aliphatic carbocycles. The molecule has 0 spiro atoms.